The van der Waals surface area contributed by atoms with E-state index in [0.29, 0.717) is 52.2 Å². The maximum absolute atomic E-state index is 14.8. The normalized spacial score (nSPS) is 16.8. The molecular formula is C73H69B4F5N2O10. The summed E-state index contributed by atoms with van der Waals surface area (Å²) in [6.45, 7) is 16.5. The molecule has 9 aromatic carbocycles. The second-order valence-corrected chi connectivity index (χ2v) is 24.4. The predicted molar refractivity (Wildman–Crippen MR) is 359 cm³/mol. The molecular weight excluding hydrogens is 1200 g/mol. The number of aliphatic imine (C=N–C) groups is 1. The predicted octanol–water partition coefficient (Wildman–Crippen LogP) is 12.5. The van der Waals surface area contributed by atoms with Crippen LogP contribution in [0.1, 0.15) is 51.3 Å². The van der Waals surface area contributed by atoms with Crippen LogP contribution < -0.4 is 31.2 Å². The Balaban J connectivity index is 0.000000138. The monoisotopic (exact) mass is 1270 g/mol. The van der Waals surface area contributed by atoms with E-state index in [1.807, 2.05) is 164 Å². The number of carbonyl (C=O) groups is 1. The van der Waals surface area contributed by atoms with Crippen molar-refractivity contribution in [1.82, 2.24) is 4.90 Å². The fourth-order valence-electron chi connectivity index (χ4n) is 10.8. The molecule has 0 saturated carbocycles. The van der Waals surface area contributed by atoms with E-state index in [9.17, 15) is 31.5 Å². The van der Waals surface area contributed by atoms with Crippen molar-refractivity contribution in [3.8, 4) is 56.0 Å². The largest absolute Gasteiger partial charge is 0.635 e. The van der Waals surface area contributed by atoms with Crippen LogP contribution in [0.25, 0.3) is 44.5 Å². The second kappa shape index (κ2) is 29.6. The lowest BCUT2D eigenvalue weighted by Gasteiger charge is -2.32. The van der Waals surface area contributed by atoms with E-state index in [2.05, 4.69) is 4.99 Å². The maximum Gasteiger partial charge on any atom is 0.635 e. The highest BCUT2D eigenvalue weighted by atomic mass is 19.1. The Bertz CT molecular complexity index is 4210. The molecule has 13 rings (SSSR count). The van der Waals surface area contributed by atoms with Crippen molar-refractivity contribution >= 4 is 62.3 Å². The quantitative estimate of drug-likeness (QED) is 0.0535. The molecule has 0 N–H and O–H groups in total. The zero-order chi connectivity index (χ0) is 67.0. The molecule has 4 aliphatic rings. The molecule has 0 aromatic heterocycles. The first kappa shape index (κ1) is 68.0. The first-order valence-electron chi connectivity index (χ1n) is 30.7. The van der Waals surface area contributed by atoms with E-state index >= 15 is 0 Å². The number of para-hydroxylation sites is 2. The van der Waals surface area contributed by atoms with Gasteiger partial charge in [0.25, 0.3) is 5.91 Å². The molecule has 3 saturated heterocycles. The van der Waals surface area contributed by atoms with Crippen LogP contribution in [-0.2, 0) is 37.5 Å². The number of likely N-dealkylation sites (N-methyl/N-ethyl adjacent to an activating group) is 1. The number of aryl methyl sites for hydroxylation is 3. The van der Waals surface area contributed by atoms with Crippen molar-refractivity contribution in [3.63, 3.8) is 0 Å². The number of isocyanates is 1. The summed E-state index contributed by atoms with van der Waals surface area (Å²) in [5, 5.41) is 0. The van der Waals surface area contributed by atoms with Gasteiger partial charge in [-0.05, 0) is 148 Å². The molecule has 0 bridgehead atoms. The van der Waals surface area contributed by atoms with Crippen LogP contribution >= 0.6 is 0 Å². The highest BCUT2D eigenvalue weighted by Crippen LogP contribution is 2.38. The molecule has 4 aliphatic heterocycles. The molecule has 3 atom stereocenters. The van der Waals surface area contributed by atoms with Gasteiger partial charge in [0.15, 0.2) is 0 Å². The van der Waals surface area contributed by atoms with Crippen LogP contribution in [0, 0.1) is 49.9 Å². The smallest absolute Gasteiger partial charge is 0.519 e. The van der Waals surface area contributed by atoms with Crippen molar-refractivity contribution in [2.24, 2.45) is 4.99 Å². The Morgan fingerprint density at radius 2 is 0.851 bits per heavy atom. The number of halogens is 5. The lowest BCUT2D eigenvalue weighted by Crippen LogP contribution is -2.43. The first-order chi connectivity index (χ1) is 44.9. The molecule has 0 radical (unpaired) electrons. The van der Waals surface area contributed by atoms with Crippen molar-refractivity contribution in [3.05, 3.63) is 240 Å². The van der Waals surface area contributed by atoms with E-state index in [4.69, 9.17) is 37.2 Å². The molecule has 3 fully saturated rings. The molecule has 9 aromatic rings. The zero-order valence-corrected chi connectivity index (χ0v) is 53.8. The van der Waals surface area contributed by atoms with Crippen molar-refractivity contribution in [2.75, 3.05) is 27.3 Å². The van der Waals surface area contributed by atoms with Gasteiger partial charge in [0.05, 0.1) is 36.6 Å². The Labute approximate surface area is 546 Å². The summed E-state index contributed by atoms with van der Waals surface area (Å²) in [4.78, 5) is 28.0. The Hall–Kier alpha value is -8.90. The third kappa shape index (κ3) is 16.0. The van der Waals surface area contributed by atoms with E-state index in [0.717, 1.165) is 50.1 Å². The minimum absolute atomic E-state index is 0.0893. The first-order valence-corrected chi connectivity index (χ1v) is 30.7. The number of nitrogens with zero attached hydrogens (tertiary/aromatic N) is 2. The molecule has 21 heteroatoms. The van der Waals surface area contributed by atoms with E-state index in [1.165, 1.54) is 53.4 Å². The Kier molecular flexibility index (Phi) is 21.4. The minimum atomic E-state index is -1.15. The van der Waals surface area contributed by atoms with Gasteiger partial charge in [-0.15, -0.1) is 0 Å². The van der Waals surface area contributed by atoms with Gasteiger partial charge in [-0.25, -0.2) is 31.7 Å². The van der Waals surface area contributed by atoms with E-state index in [-0.39, 0.29) is 28.8 Å². The van der Waals surface area contributed by atoms with Crippen LogP contribution in [0.3, 0.4) is 0 Å². The summed E-state index contributed by atoms with van der Waals surface area (Å²) >= 11 is 0. The van der Waals surface area contributed by atoms with Gasteiger partial charge >= 0.3 is 28.5 Å². The van der Waals surface area contributed by atoms with E-state index < -0.39 is 69.6 Å². The van der Waals surface area contributed by atoms with Crippen LogP contribution in [-0.4, -0.2) is 102 Å². The highest BCUT2D eigenvalue weighted by Gasteiger charge is 2.53. The molecule has 1 amide bonds. The number of amides is 1. The Morgan fingerprint density at radius 3 is 1.23 bits per heavy atom. The third-order valence-electron chi connectivity index (χ3n) is 16.7. The van der Waals surface area contributed by atoms with Crippen LogP contribution in [0.5, 0.6) is 11.5 Å². The summed E-state index contributed by atoms with van der Waals surface area (Å²) in [6, 6.07) is 56.4. The summed E-state index contributed by atoms with van der Waals surface area (Å²) in [7, 11) is -0.0206. The molecule has 0 spiro atoms. The number of benzene rings is 9. The van der Waals surface area contributed by atoms with Gasteiger partial charge in [-0.2, -0.15) is 0 Å². The third-order valence-corrected chi connectivity index (χ3v) is 16.7. The number of carbonyl (C=O) groups excluding carboxylic acids is 2. The second-order valence-electron chi connectivity index (χ2n) is 24.4. The molecule has 4 heterocycles. The summed E-state index contributed by atoms with van der Waals surface area (Å²) in [5.41, 5.74) is 10.5. The summed E-state index contributed by atoms with van der Waals surface area (Å²) in [6.07, 6.45) is -0.489. The van der Waals surface area contributed by atoms with Gasteiger partial charge in [-0.3, -0.25) is 4.79 Å². The average Bonchev–Trinajstić information content (AvgIpc) is 1.62. The SMILES string of the molecule is CC(N=C=O)[C@@H]1OB(c2ccc(-c3cccc(F)c3)cc2F)O[C@H]1C(=O)N(C)C.Cc1cccc(-c2ccc(B3OC(C)(C)C(C)(C)O3)c(F)c2)c1.Cc1cccc(-c2ccc(B3OCCO3)c(F)c2)c1.Cc1cccc(-c2ccc(B3Oc4ccccc4O3)c(F)c2)c1. The van der Waals surface area contributed by atoms with Gasteiger partial charge in [0.2, 0.25) is 6.08 Å². The standard InChI is InChI=1S/C20H19BF2N2O4.C19H14BFO2.C19H22BFO2.C15H14BFO2/c1-12(24-11-26)18-19(20(27)25(2)3)29-21(28-18)16-8-7-14(10-17(16)23)13-5-4-6-15(22)9-13;1-13-5-4-6-14(11-13)15-9-10-16(17(21)12-15)20-22-18-7-2-3-8-19(18)23-20;1-13-7-6-8-14(11-13)15-9-10-16(17(21)12-15)20-22-18(2,3)19(4,5)23-20;1-11-3-2-4-12(9-11)13-5-6-14(15(17)10-13)16-18-7-8-19-16/h4-10,12,18-19H,1-3H3;2-12H,1H3;6-12H,1-5H3;2-6,9-10H,7-8H2,1H3/t12?,18-,19+;;;/m0.../s1. The van der Waals surface area contributed by atoms with Crippen molar-refractivity contribution in [2.45, 2.75) is 84.8 Å². The molecule has 94 heavy (non-hydrogen) atoms. The van der Waals surface area contributed by atoms with Gasteiger partial charge in [0, 0.05) is 35.9 Å². The Morgan fingerprint density at radius 1 is 0.479 bits per heavy atom. The summed E-state index contributed by atoms with van der Waals surface area (Å²) < 4.78 is 117. The van der Waals surface area contributed by atoms with Crippen molar-refractivity contribution in [1.29, 1.82) is 0 Å². The fourth-order valence-corrected chi connectivity index (χ4v) is 10.8. The van der Waals surface area contributed by atoms with Crippen LogP contribution in [0.15, 0.2) is 199 Å². The van der Waals surface area contributed by atoms with Crippen LogP contribution in [0.4, 0.5) is 22.0 Å². The van der Waals surface area contributed by atoms with Gasteiger partial charge in [0.1, 0.15) is 46.7 Å². The zero-order valence-electron chi connectivity index (χ0n) is 53.8. The highest BCUT2D eigenvalue weighted by molar-refractivity contribution is 6.64. The van der Waals surface area contributed by atoms with Gasteiger partial charge < -0.3 is 42.1 Å². The number of fused-ring (bicyclic) bond motifs is 1. The topological polar surface area (TPSA) is 124 Å². The fraction of sp³-hybridized carbons (Fsp3) is 0.233. The number of hydrogen-bond donors (Lipinski definition) is 0. The molecule has 1 unspecified atom stereocenters. The number of hydrogen-bond acceptors (Lipinski definition) is 11. The summed E-state index contributed by atoms with van der Waals surface area (Å²) in [5.74, 6) is -1.08. The molecule has 12 nitrogen and oxygen atoms in total. The minimum Gasteiger partial charge on any atom is -0.519 e. The molecule has 478 valence electrons. The lowest BCUT2D eigenvalue weighted by molar-refractivity contribution is -0.137. The number of rotatable bonds is 11. The van der Waals surface area contributed by atoms with Gasteiger partial charge in [-0.1, -0.05) is 162 Å². The van der Waals surface area contributed by atoms with Crippen molar-refractivity contribution < 1.29 is 68.8 Å². The lowest BCUT2D eigenvalue weighted by atomic mass is 9.78. The van der Waals surface area contributed by atoms with Crippen LogP contribution in [0.2, 0.25) is 0 Å². The average molecular weight is 1270 g/mol. The van der Waals surface area contributed by atoms with E-state index in [1.54, 1.807) is 57.4 Å². The maximum atomic E-state index is 14.8. The molecule has 0 aliphatic carbocycles.